The number of para-hydroxylation sites is 1. The van der Waals surface area contributed by atoms with Crippen LogP contribution in [0.2, 0.25) is 0 Å². The molecule has 1 aliphatic carbocycles. The summed E-state index contributed by atoms with van der Waals surface area (Å²) < 4.78 is 0. The van der Waals surface area contributed by atoms with Crippen molar-refractivity contribution in [2.24, 2.45) is 0 Å². The first kappa shape index (κ1) is 17.6. The molecule has 3 rings (SSSR count). The molecule has 0 bridgehead atoms. The molecule has 0 aromatic heterocycles. The number of nitrogens with zero attached hydrogens (tertiary/aromatic N) is 2. The molecule has 6 heteroatoms. The zero-order valence-corrected chi connectivity index (χ0v) is 14.9. The normalized spacial score (nSPS) is 19.6. The van der Waals surface area contributed by atoms with Gasteiger partial charge in [-0.2, -0.15) is 0 Å². The van der Waals surface area contributed by atoms with Gasteiger partial charge in [-0.3, -0.25) is 4.79 Å². The average Bonchev–Trinajstić information content (AvgIpc) is 3.15. The van der Waals surface area contributed by atoms with Gasteiger partial charge in [0.25, 0.3) is 0 Å². The Labute approximate surface area is 149 Å². The highest BCUT2D eigenvalue weighted by Gasteiger charge is 2.25. The molecule has 3 amide bonds. The summed E-state index contributed by atoms with van der Waals surface area (Å²) in [5.41, 5.74) is 1.19. The minimum Gasteiger partial charge on any atom is -0.368 e. The van der Waals surface area contributed by atoms with E-state index in [4.69, 9.17) is 0 Å². The van der Waals surface area contributed by atoms with Crippen molar-refractivity contribution in [3.8, 4) is 0 Å². The minimum atomic E-state index is -0.500. The third kappa shape index (κ3) is 4.65. The van der Waals surface area contributed by atoms with E-state index in [1.165, 1.54) is 18.5 Å². The second-order valence-electron chi connectivity index (χ2n) is 6.97. The number of benzene rings is 1. The van der Waals surface area contributed by atoms with Gasteiger partial charge in [-0.1, -0.05) is 31.0 Å². The Hall–Kier alpha value is -2.24. The Morgan fingerprint density at radius 1 is 1.04 bits per heavy atom. The van der Waals surface area contributed by atoms with Crippen molar-refractivity contribution >= 4 is 17.6 Å². The largest absolute Gasteiger partial charge is 0.368 e. The molecule has 1 aliphatic heterocycles. The molecule has 1 aromatic rings. The van der Waals surface area contributed by atoms with E-state index in [0.717, 1.165) is 25.9 Å². The summed E-state index contributed by atoms with van der Waals surface area (Å²) in [5.74, 6) is -0.0804. The van der Waals surface area contributed by atoms with Crippen LogP contribution in [0.15, 0.2) is 30.3 Å². The molecule has 25 heavy (non-hydrogen) atoms. The van der Waals surface area contributed by atoms with Gasteiger partial charge in [0.05, 0.1) is 0 Å². The SMILES string of the molecule is CC(NC(=O)N1CCN(c2ccccc2)CC1)C(=O)NC1CCCC1. The van der Waals surface area contributed by atoms with Gasteiger partial charge in [0, 0.05) is 37.9 Å². The van der Waals surface area contributed by atoms with Gasteiger partial charge in [-0.05, 0) is 31.9 Å². The van der Waals surface area contributed by atoms with E-state index in [1.54, 1.807) is 11.8 Å². The van der Waals surface area contributed by atoms with E-state index in [2.05, 4.69) is 27.7 Å². The molecular formula is C19H28N4O2. The second kappa shape index (κ2) is 8.23. The van der Waals surface area contributed by atoms with Crippen LogP contribution >= 0.6 is 0 Å². The van der Waals surface area contributed by atoms with E-state index < -0.39 is 6.04 Å². The quantitative estimate of drug-likeness (QED) is 0.878. The topological polar surface area (TPSA) is 64.7 Å². The lowest BCUT2D eigenvalue weighted by molar-refractivity contribution is -0.123. The van der Waals surface area contributed by atoms with Crippen molar-refractivity contribution in [2.45, 2.75) is 44.7 Å². The number of hydrogen-bond acceptors (Lipinski definition) is 3. The smallest absolute Gasteiger partial charge is 0.318 e. The van der Waals surface area contributed by atoms with Crippen molar-refractivity contribution in [1.29, 1.82) is 0 Å². The third-order valence-electron chi connectivity index (χ3n) is 5.12. The fourth-order valence-corrected chi connectivity index (χ4v) is 3.54. The van der Waals surface area contributed by atoms with Crippen LogP contribution in [0.1, 0.15) is 32.6 Å². The lowest BCUT2D eigenvalue weighted by Gasteiger charge is -2.36. The van der Waals surface area contributed by atoms with E-state index >= 15 is 0 Å². The van der Waals surface area contributed by atoms with Crippen molar-refractivity contribution in [1.82, 2.24) is 15.5 Å². The maximum absolute atomic E-state index is 12.4. The molecule has 2 fully saturated rings. The summed E-state index contributed by atoms with van der Waals surface area (Å²) in [5, 5.41) is 5.87. The zero-order valence-electron chi connectivity index (χ0n) is 14.9. The number of nitrogens with one attached hydrogen (secondary N) is 2. The Kier molecular flexibility index (Phi) is 5.79. The van der Waals surface area contributed by atoms with Crippen molar-refractivity contribution in [2.75, 3.05) is 31.1 Å². The van der Waals surface area contributed by atoms with Crippen LogP contribution in [-0.2, 0) is 4.79 Å². The Balaban J connectivity index is 1.43. The molecule has 1 unspecified atom stereocenters. The monoisotopic (exact) mass is 344 g/mol. The van der Waals surface area contributed by atoms with E-state index in [9.17, 15) is 9.59 Å². The maximum atomic E-state index is 12.4. The zero-order chi connectivity index (χ0) is 17.6. The first-order valence-electron chi connectivity index (χ1n) is 9.29. The highest BCUT2D eigenvalue weighted by molar-refractivity contribution is 5.87. The first-order valence-corrected chi connectivity index (χ1v) is 9.29. The highest BCUT2D eigenvalue weighted by Crippen LogP contribution is 2.18. The number of rotatable bonds is 4. The van der Waals surface area contributed by atoms with Gasteiger partial charge in [0.2, 0.25) is 5.91 Å². The maximum Gasteiger partial charge on any atom is 0.318 e. The van der Waals surface area contributed by atoms with Gasteiger partial charge >= 0.3 is 6.03 Å². The second-order valence-corrected chi connectivity index (χ2v) is 6.97. The van der Waals surface area contributed by atoms with E-state index in [-0.39, 0.29) is 18.0 Å². The summed E-state index contributed by atoms with van der Waals surface area (Å²) in [6.45, 7) is 4.69. The number of amides is 3. The van der Waals surface area contributed by atoms with Crippen LogP contribution in [-0.4, -0.2) is 55.1 Å². The van der Waals surface area contributed by atoms with Gasteiger partial charge in [0.15, 0.2) is 0 Å². The van der Waals surface area contributed by atoms with Crippen LogP contribution in [0.3, 0.4) is 0 Å². The van der Waals surface area contributed by atoms with E-state index in [0.29, 0.717) is 13.1 Å². The Bertz CT molecular complexity index is 578. The van der Waals surface area contributed by atoms with Gasteiger partial charge in [0.1, 0.15) is 6.04 Å². The molecule has 2 aliphatic rings. The van der Waals surface area contributed by atoms with Gasteiger partial charge in [-0.15, -0.1) is 0 Å². The fourth-order valence-electron chi connectivity index (χ4n) is 3.54. The van der Waals surface area contributed by atoms with Crippen LogP contribution in [0.4, 0.5) is 10.5 Å². The molecule has 2 N–H and O–H groups in total. The number of carbonyl (C=O) groups is 2. The van der Waals surface area contributed by atoms with Crippen molar-refractivity contribution in [3.63, 3.8) is 0 Å². The summed E-state index contributed by atoms with van der Waals surface area (Å²) in [6, 6.07) is 9.86. The highest BCUT2D eigenvalue weighted by atomic mass is 16.2. The van der Waals surface area contributed by atoms with Crippen LogP contribution in [0, 0.1) is 0 Å². The molecule has 1 saturated carbocycles. The molecule has 6 nitrogen and oxygen atoms in total. The number of hydrogen-bond donors (Lipinski definition) is 2. The standard InChI is InChI=1S/C19H28N4O2/c1-15(18(24)21-16-7-5-6-8-16)20-19(25)23-13-11-22(12-14-23)17-9-3-2-4-10-17/h2-4,9-10,15-16H,5-8,11-14H2,1H3,(H,20,25)(H,21,24). The number of carbonyl (C=O) groups excluding carboxylic acids is 2. The summed E-state index contributed by atoms with van der Waals surface area (Å²) in [4.78, 5) is 28.7. The fraction of sp³-hybridized carbons (Fsp3) is 0.579. The lowest BCUT2D eigenvalue weighted by atomic mass is 10.2. The molecule has 1 aromatic carbocycles. The van der Waals surface area contributed by atoms with Gasteiger partial charge in [-0.25, -0.2) is 4.79 Å². The molecule has 1 atom stereocenters. The Morgan fingerprint density at radius 2 is 1.68 bits per heavy atom. The minimum absolute atomic E-state index is 0.0804. The van der Waals surface area contributed by atoms with Crippen molar-refractivity contribution in [3.05, 3.63) is 30.3 Å². The molecular weight excluding hydrogens is 316 g/mol. The summed E-state index contributed by atoms with van der Waals surface area (Å²) in [6.07, 6.45) is 4.45. The number of piperazine rings is 1. The molecule has 1 saturated heterocycles. The Morgan fingerprint density at radius 3 is 2.32 bits per heavy atom. The van der Waals surface area contributed by atoms with Crippen molar-refractivity contribution < 1.29 is 9.59 Å². The molecule has 0 spiro atoms. The predicted molar refractivity (Wildman–Crippen MR) is 98.6 cm³/mol. The van der Waals surface area contributed by atoms with Crippen LogP contribution in [0.25, 0.3) is 0 Å². The predicted octanol–water partition coefficient (Wildman–Crippen LogP) is 1.97. The number of anilines is 1. The van der Waals surface area contributed by atoms with Crippen LogP contribution in [0.5, 0.6) is 0 Å². The summed E-state index contributed by atoms with van der Waals surface area (Å²) in [7, 11) is 0. The first-order chi connectivity index (χ1) is 12.1. The molecule has 1 heterocycles. The molecule has 136 valence electrons. The van der Waals surface area contributed by atoms with Gasteiger partial charge < -0.3 is 20.4 Å². The van der Waals surface area contributed by atoms with E-state index in [1.807, 2.05) is 18.2 Å². The number of urea groups is 1. The average molecular weight is 344 g/mol. The lowest BCUT2D eigenvalue weighted by Crippen LogP contribution is -2.55. The molecule has 0 radical (unpaired) electrons. The third-order valence-corrected chi connectivity index (χ3v) is 5.12. The summed E-state index contributed by atoms with van der Waals surface area (Å²) >= 11 is 0. The van der Waals surface area contributed by atoms with Crippen LogP contribution < -0.4 is 15.5 Å².